The zero-order valence-electron chi connectivity index (χ0n) is 11.8. The molecule has 0 aliphatic carbocycles. The van der Waals surface area contributed by atoms with Gasteiger partial charge in [-0.15, -0.1) is 0 Å². The first-order valence-corrected chi connectivity index (χ1v) is 7.14. The lowest BCUT2D eigenvalue weighted by atomic mass is 9.74. The van der Waals surface area contributed by atoms with Crippen molar-refractivity contribution in [2.45, 2.75) is 45.6 Å². The third-order valence-electron chi connectivity index (χ3n) is 4.64. The van der Waals surface area contributed by atoms with Gasteiger partial charge in [-0.25, -0.2) is 0 Å². The summed E-state index contributed by atoms with van der Waals surface area (Å²) in [6.45, 7) is 6.34. The van der Waals surface area contributed by atoms with Crippen LogP contribution in [-0.4, -0.2) is 47.6 Å². The molecule has 108 valence electrons. The highest BCUT2D eigenvalue weighted by molar-refractivity contribution is 5.78. The second kappa shape index (κ2) is 5.49. The molecule has 2 atom stereocenters. The van der Waals surface area contributed by atoms with Crippen LogP contribution in [0.1, 0.15) is 39.5 Å². The van der Waals surface area contributed by atoms with Gasteiger partial charge in [-0.1, -0.05) is 0 Å². The molecule has 0 aromatic carbocycles. The van der Waals surface area contributed by atoms with Crippen molar-refractivity contribution >= 4 is 11.9 Å². The van der Waals surface area contributed by atoms with Crippen LogP contribution in [0, 0.1) is 11.3 Å². The molecular weight excluding hydrogens is 244 g/mol. The zero-order valence-corrected chi connectivity index (χ0v) is 11.8. The van der Waals surface area contributed by atoms with E-state index in [9.17, 15) is 14.7 Å². The van der Waals surface area contributed by atoms with E-state index >= 15 is 0 Å². The molecule has 2 rings (SSSR count). The Morgan fingerprint density at radius 1 is 1.47 bits per heavy atom. The lowest BCUT2D eigenvalue weighted by Crippen LogP contribution is -2.48. The van der Waals surface area contributed by atoms with E-state index in [-0.39, 0.29) is 17.9 Å². The molecule has 2 unspecified atom stereocenters. The number of amides is 1. The fourth-order valence-corrected chi connectivity index (χ4v) is 3.11. The first-order valence-electron chi connectivity index (χ1n) is 7.14. The van der Waals surface area contributed by atoms with E-state index in [0.717, 1.165) is 38.9 Å². The van der Waals surface area contributed by atoms with Crippen LogP contribution in [0.4, 0.5) is 0 Å². The van der Waals surface area contributed by atoms with Crippen molar-refractivity contribution in [3.63, 3.8) is 0 Å². The molecule has 0 aromatic heterocycles. The molecule has 0 spiro atoms. The number of aliphatic carboxylic acids is 1. The quantitative estimate of drug-likeness (QED) is 0.800. The van der Waals surface area contributed by atoms with Crippen LogP contribution >= 0.6 is 0 Å². The summed E-state index contributed by atoms with van der Waals surface area (Å²) in [5.74, 6) is -0.381. The van der Waals surface area contributed by atoms with E-state index in [1.54, 1.807) is 0 Å². The lowest BCUT2D eigenvalue weighted by molar-refractivity contribution is -0.151. The van der Waals surface area contributed by atoms with Crippen molar-refractivity contribution in [3.05, 3.63) is 0 Å². The Morgan fingerprint density at radius 2 is 2.21 bits per heavy atom. The maximum absolute atomic E-state index is 11.3. The minimum Gasteiger partial charge on any atom is -0.481 e. The molecule has 1 amide bonds. The molecule has 0 aromatic rings. The van der Waals surface area contributed by atoms with E-state index in [1.807, 2.05) is 13.8 Å². The SMILES string of the molecule is CC(C)(C(=O)O)C1CCCN(CC2CCC(=O)N2)C1. The van der Waals surface area contributed by atoms with Crippen molar-refractivity contribution in [1.82, 2.24) is 10.2 Å². The van der Waals surface area contributed by atoms with E-state index in [0.29, 0.717) is 6.42 Å². The van der Waals surface area contributed by atoms with Crippen molar-refractivity contribution in [2.75, 3.05) is 19.6 Å². The average Bonchev–Trinajstić information content (AvgIpc) is 2.75. The number of carbonyl (C=O) groups excluding carboxylic acids is 1. The summed E-state index contributed by atoms with van der Waals surface area (Å²) in [5, 5.41) is 12.3. The molecular formula is C14H24N2O3. The van der Waals surface area contributed by atoms with E-state index in [4.69, 9.17) is 0 Å². The number of carboxylic acid groups (broad SMARTS) is 1. The van der Waals surface area contributed by atoms with Gasteiger partial charge in [0.1, 0.15) is 0 Å². The van der Waals surface area contributed by atoms with Gasteiger partial charge < -0.3 is 15.3 Å². The van der Waals surface area contributed by atoms with Crippen molar-refractivity contribution in [1.29, 1.82) is 0 Å². The number of hydrogen-bond acceptors (Lipinski definition) is 3. The highest BCUT2D eigenvalue weighted by Crippen LogP contribution is 2.34. The standard InChI is InChI=1S/C14H24N2O3/c1-14(2,13(18)19)10-4-3-7-16(8-10)9-11-5-6-12(17)15-11/h10-11H,3-9H2,1-2H3,(H,15,17)(H,18,19). The van der Waals surface area contributed by atoms with Gasteiger partial charge in [-0.2, -0.15) is 0 Å². The number of piperidine rings is 1. The molecule has 19 heavy (non-hydrogen) atoms. The predicted octanol–water partition coefficient (Wildman–Crippen LogP) is 1.09. The minimum atomic E-state index is -0.714. The first-order chi connectivity index (χ1) is 8.89. The van der Waals surface area contributed by atoms with E-state index < -0.39 is 11.4 Å². The average molecular weight is 268 g/mol. The number of carbonyl (C=O) groups is 2. The summed E-state index contributed by atoms with van der Waals surface area (Å²) < 4.78 is 0. The topological polar surface area (TPSA) is 69.6 Å². The summed E-state index contributed by atoms with van der Waals surface area (Å²) in [6, 6.07) is 0.249. The van der Waals surface area contributed by atoms with Crippen molar-refractivity contribution in [2.24, 2.45) is 11.3 Å². The van der Waals surface area contributed by atoms with Gasteiger partial charge in [0.25, 0.3) is 0 Å². The summed E-state index contributed by atoms with van der Waals surface area (Å²) >= 11 is 0. The molecule has 2 aliphatic heterocycles. The van der Waals surface area contributed by atoms with Gasteiger partial charge in [0.15, 0.2) is 0 Å². The lowest BCUT2D eigenvalue weighted by Gasteiger charge is -2.40. The molecule has 2 heterocycles. The second-order valence-electron chi connectivity index (χ2n) is 6.43. The third kappa shape index (κ3) is 3.26. The predicted molar refractivity (Wildman–Crippen MR) is 71.7 cm³/mol. The van der Waals surface area contributed by atoms with Crippen LogP contribution < -0.4 is 5.32 Å². The fraction of sp³-hybridized carbons (Fsp3) is 0.857. The highest BCUT2D eigenvalue weighted by Gasteiger charge is 2.39. The molecule has 0 saturated carbocycles. The van der Waals surface area contributed by atoms with Gasteiger partial charge in [-0.3, -0.25) is 9.59 Å². The maximum Gasteiger partial charge on any atom is 0.309 e. The van der Waals surface area contributed by atoms with E-state index in [2.05, 4.69) is 10.2 Å². The Morgan fingerprint density at radius 3 is 2.79 bits per heavy atom. The zero-order chi connectivity index (χ0) is 14.0. The van der Waals surface area contributed by atoms with Crippen LogP contribution in [0.15, 0.2) is 0 Å². The number of nitrogens with one attached hydrogen (secondary N) is 1. The molecule has 0 radical (unpaired) electrons. The molecule has 2 N–H and O–H groups in total. The minimum absolute atomic E-state index is 0.143. The number of rotatable bonds is 4. The summed E-state index contributed by atoms with van der Waals surface area (Å²) in [7, 11) is 0. The molecule has 5 nitrogen and oxygen atoms in total. The molecule has 0 bridgehead atoms. The third-order valence-corrected chi connectivity index (χ3v) is 4.64. The van der Waals surface area contributed by atoms with Crippen LogP contribution in [-0.2, 0) is 9.59 Å². The molecule has 5 heteroatoms. The van der Waals surface area contributed by atoms with E-state index in [1.165, 1.54) is 0 Å². The van der Waals surface area contributed by atoms with Crippen LogP contribution in [0.2, 0.25) is 0 Å². The van der Waals surface area contributed by atoms with Crippen molar-refractivity contribution in [3.8, 4) is 0 Å². The number of nitrogens with zero attached hydrogens (tertiary/aromatic N) is 1. The van der Waals surface area contributed by atoms with Crippen molar-refractivity contribution < 1.29 is 14.7 Å². The Kier molecular flexibility index (Phi) is 4.13. The Labute approximate surface area is 114 Å². The van der Waals surface area contributed by atoms with Gasteiger partial charge in [-0.05, 0) is 45.6 Å². The second-order valence-corrected chi connectivity index (χ2v) is 6.43. The Balaban J connectivity index is 1.90. The summed E-state index contributed by atoms with van der Waals surface area (Å²) in [4.78, 5) is 24.9. The normalized spacial score (nSPS) is 29.3. The van der Waals surface area contributed by atoms with Gasteiger partial charge >= 0.3 is 5.97 Å². The first kappa shape index (κ1) is 14.3. The van der Waals surface area contributed by atoms with Crippen LogP contribution in [0.5, 0.6) is 0 Å². The monoisotopic (exact) mass is 268 g/mol. The fourth-order valence-electron chi connectivity index (χ4n) is 3.11. The van der Waals surface area contributed by atoms with Gasteiger partial charge in [0.2, 0.25) is 5.91 Å². The number of hydrogen-bond donors (Lipinski definition) is 2. The van der Waals surface area contributed by atoms with Gasteiger partial charge in [0, 0.05) is 25.6 Å². The molecule has 2 saturated heterocycles. The van der Waals surface area contributed by atoms with Crippen LogP contribution in [0.3, 0.4) is 0 Å². The Bertz CT molecular complexity index is 368. The maximum atomic E-state index is 11.3. The smallest absolute Gasteiger partial charge is 0.309 e. The molecule has 2 fully saturated rings. The number of likely N-dealkylation sites (tertiary alicyclic amines) is 1. The molecule has 2 aliphatic rings. The summed E-state index contributed by atoms with van der Waals surface area (Å²) in [5.41, 5.74) is -0.669. The highest BCUT2D eigenvalue weighted by atomic mass is 16.4. The number of carboxylic acids is 1. The summed E-state index contributed by atoms with van der Waals surface area (Å²) in [6.07, 6.45) is 3.56. The van der Waals surface area contributed by atoms with Gasteiger partial charge in [0.05, 0.1) is 5.41 Å². The van der Waals surface area contributed by atoms with Crippen LogP contribution in [0.25, 0.3) is 0 Å². The Hall–Kier alpha value is -1.10. The largest absolute Gasteiger partial charge is 0.481 e.